The summed E-state index contributed by atoms with van der Waals surface area (Å²) in [6, 6.07) is 3.36. The fourth-order valence-electron chi connectivity index (χ4n) is 2.28. The van der Waals surface area contributed by atoms with Gasteiger partial charge >= 0.3 is 35.9 Å². The number of nitrogens with zero attached hydrogens (tertiary/aromatic N) is 1. The summed E-state index contributed by atoms with van der Waals surface area (Å²) >= 11 is 0. The topological polar surface area (TPSA) is 61.1 Å². The highest BCUT2D eigenvalue weighted by molar-refractivity contribution is 7.86. The van der Waals surface area contributed by atoms with Gasteiger partial charge in [0.25, 0.3) is 0 Å². The fraction of sp³-hybridized carbons (Fsp3) is 0.643. The molecule has 0 saturated carbocycles. The molecule has 0 aromatic carbocycles. The van der Waals surface area contributed by atoms with E-state index in [1.54, 1.807) is 0 Å². The number of hydrogen-bond acceptors (Lipinski definition) is 3. The quantitative estimate of drug-likeness (QED) is 0.206. The second-order valence-electron chi connectivity index (χ2n) is 6.31. The van der Waals surface area contributed by atoms with Gasteiger partial charge in [-0.15, -0.1) is 0 Å². The molecule has 0 radical (unpaired) electrons. The first-order valence-corrected chi connectivity index (χ1v) is 9.41. The molecule has 0 amide bonds. The molecule has 4 nitrogen and oxygen atoms in total. The van der Waals surface area contributed by atoms with Gasteiger partial charge < -0.3 is 4.55 Å². The van der Waals surface area contributed by atoms with Crippen molar-refractivity contribution >= 4 is 10.1 Å². The molecule has 0 aliphatic carbocycles. The first-order chi connectivity index (χ1) is 15.1. The van der Waals surface area contributed by atoms with Crippen molar-refractivity contribution in [3.63, 3.8) is 0 Å². The lowest BCUT2D eigenvalue weighted by atomic mass is 9.73. The predicted molar refractivity (Wildman–Crippen MR) is 77.5 cm³/mol. The van der Waals surface area contributed by atoms with E-state index in [-0.39, 0.29) is 0 Å². The van der Waals surface area contributed by atoms with Crippen LogP contribution in [0.1, 0.15) is 6.42 Å². The summed E-state index contributed by atoms with van der Waals surface area (Å²) in [5.74, 6) is -15.2. The molecule has 1 aromatic rings. The van der Waals surface area contributed by atoms with Crippen LogP contribution in [0.5, 0.6) is 0 Å². The van der Waals surface area contributed by atoms with E-state index in [9.17, 15) is 70.2 Å². The van der Waals surface area contributed by atoms with E-state index in [4.69, 9.17) is 13.0 Å². The Morgan fingerprint density at radius 1 is 0.600 bits per heavy atom. The maximum absolute atomic E-state index is 13.8. The average molecular weight is 575 g/mol. The van der Waals surface area contributed by atoms with Gasteiger partial charge in [0.2, 0.25) is 5.41 Å². The molecule has 0 bridgehead atoms. The first-order valence-electron chi connectivity index (χ1n) is 8.00. The third-order valence-corrected chi connectivity index (χ3v) is 4.63. The van der Waals surface area contributed by atoms with Crippen molar-refractivity contribution < 1.29 is 87.8 Å². The lowest BCUT2D eigenvalue weighted by Gasteiger charge is -2.44. The van der Waals surface area contributed by atoms with E-state index in [1.807, 2.05) is 0 Å². The Labute approximate surface area is 183 Å². The van der Waals surface area contributed by atoms with Crippen molar-refractivity contribution in [2.45, 2.75) is 48.8 Å². The zero-order valence-electron chi connectivity index (χ0n) is 15.9. The normalized spacial score (nSPS) is 14.9. The largest absolute Gasteiger partial charge is 0.741 e. The number of rotatable bonds is 5. The van der Waals surface area contributed by atoms with E-state index in [0.717, 1.165) is 24.5 Å². The van der Waals surface area contributed by atoms with E-state index < -0.39 is 64.4 Å². The van der Waals surface area contributed by atoms with Crippen LogP contribution < -0.4 is 4.57 Å². The number of hydrogen-bond donors (Lipinski definition) is 0. The zero-order valence-corrected chi connectivity index (χ0v) is 16.7. The van der Waals surface area contributed by atoms with Gasteiger partial charge in [0.05, 0.1) is 0 Å². The van der Waals surface area contributed by atoms with Crippen LogP contribution in [0, 0.1) is 5.41 Å². The summed E-state index contributed by atoms with van der Waals surface area (Å²) < 4.78 is 228. The maximum Gasteiger partial charge on any atom is 0.485 e. The summed E-state index contributed by atoms with van der Waals surface area (Å²) in [5, 5.41) is 0. The fourth-order valence-corrected chi connectivity index (χ4v) is 2.28. The molecule has 0 atom stereocenters. The van der Waals surface area contributed by atoms with Crippen LogP contribution in [0.4, 0.5) is 70.2 Å². The summed E-state index contributed by atoms with van der Waals surface area (Å²) in [7, 11) is -6.09. The maximum atomic E-state index is 13.8. The third-order valence-electron chi connectivity index (χ3n) is 4.06. The molecule has 0 spiro atoms. The van der Waals surface area contributed by atoms with Gasteiger partial charge in [0.1, 0.15) is 6.54 Å². The van der Waals surface area contributed by atoms with Gasteiger partial charge in [-0.3, -0.25) is 0 Å². The number of aryl methyl sites for hydroxylation is 1. The van der Waals surface area contributed by atoms with Crippen molar-refractivity contribution in [1.82, 2.24) is 0 Å². The second-order valence-corrected chi connectivity index (χ2v) is 7.68. The molecule has 206 valence electrons. The van der Waals surface area contributed by atoms with Crippen molar-refractivity contribution in [2.75, 3.05) is 0 Å². The van der Waals surface area contributed by atoms with Gasteiger partial charge in [0, 0.05) is 18.6 Å². The van der Waals surface area contributed by atoms with Gasteiger partial charge in [0.15, 0.2) is 22.5 Å². The Morgan fingerprint density at radius 2 is 0.943 bits per heavy atom. The minimum absolute atomic E-state index is 0.494. The molecule has 0 N–H and O–H groups in total. The number of alkyl halides is 16. The highest BCUT2D eigenvalue weighted by atomic mass is 32.2. The summed E-state index contributed by atoms with van der Waals surface area (Å²) in [6.45, 7) is -1.57. The van der Waals surface area contributed by atoms with Crippen LogP contribution in [-0.4, -0.2) is 48.9 Å². The van der Waals surface area contributed by atoms with Crippen LogP contribution in [-0.2, 0) is 16.7 Å². The van der Waals surface area contributed by atoms with Crippen molar-refractivity contribution in [2.24, 2.45) is 5.41 Å². The molecule has 35 heavy (non-hydrogen) atoms. The monoisotopic (exact) mass is 575 g/mol. The number of pyridine rings is 1. The van der Waals surface area contributed by atoms with Gasteiger partial charge in [-0.1, -0.05) is 6.07 Å². The second kappa shape index (κ2) is 9.77. The Hall–Kier alpha value is -2.06. The van der Waals surface area contributed by atoms with Crippen LogP contribution in [0.25, 0.3) is 0 Å². The Morgan fingerprint density at radius 3 is 1.20 bits per heavy atom. The Bertz CT molecular complexity index is 917. The summed E-state index contributed by atoms with van der Waals surface area (Å²) in [4.78, 5) is 0. The molecule has 0 saturated heterocycles. The zero-order chi connectivity index (χ0) is 28.5. The van der Waals surface area contributed by atoms with Crippen LogP contribution >= 0.6 is 0 Å². The predicted octanol–water partition coefficient (Wildman–Crippen LogP) is 5.36. The molecule has 21 heteroatoms. The Kier molecular flexibility index (Phi) is 9.20. The molecular formula is C14H9F16NO3S. The molecule has 0 fully saturated rings. The van der Waals surface area contributed by atoms with Crippen molar-refractivity contribution in [3.8, 4) is 0 Å². The molecule has 1 rings (SSSR count). The molecule has 0 aliphatic heterocycles. The first kappa shape index (κ1) is 32.9. The van der Waals surface area contributed by atoms with Crippen molar-refractivity contribution in [1.29, 1.82) is 0 Å². The van der Waals surface area contributed by atoms with Gasteiger partial charge in [-0.2, -0.15) is 70.2 Å². The van der Waals surface area contributed by atoms with Crippen LogP contribution in [0.2, 0.25) is 0 Å². The minimum atomic E-state index is -7.60. The van der Waals surface area contributed by atoms with E-state index in [2.05, 4.69) is 0 Å². The van der Waals surface area contributed by atoms with Gasteiger partial charge in [-0.25, -0.2) is 13.0 Å². The van der Waals surface area contributed by atoms with E-state index in [1.165, 1.54) is 6.07 Å². The number of aromatic nitrogens is 1. The highest BCUT2D eigenvalue weighted by Crippen LogP contribution is 2.66. The van der Waals surface area contributed by atoms with E-state index >= 15 is 0 Å². The molecule has 1 aromatic heterocycles. The van der Waals surface area contributed by atoms with Crippen molar-refractivity contribution in [3.05, 3.63) is 30.6 Å². The molecule has 0 aliphatic rings. The van der Waals surface area contributed by atoms with E-state index in [0.29, 0.717) is 4.57 Å². The van der Waals surface area contributed by atoms with Crippen LogP contribution in [0.15, 0.2) is 30.6 Å². The lowest BCUT2D eigenvalue weighted by Crippen LogP contribution is -2.70. The number of halogens is 16. The smallest absolute Gasteiger partial charge is 0.485 e. The average Bonchev–Trinajstić information content (AvgIpc) is 2.58. The SMILES string of the molecule is FC(F)(F)C(F)(F)C(F)(F)C(CC[n+]1ccccc1)(C(F)(F)F)C(F)(F)F.O=S(=O)([O-])C(F)(F)F. The van der Waals surface area contributed by atoms with Gasteiger partial charge in [-0.05, 0) is 0 Å². The molecule has 0 unspecified atom stereocenters. The van der Waals surface area contributed by atoms with Crippen LogP contribution in [0.3, 0.4) is 0 Å². The standard InChI is InChI=1S/C13H9F13N.CHF3O3S/c14-9(15,10(16,17)13(24,25)26)8(11(18,19)20,12(21,22)23)4-7-27-5-2-1-3-6-27;2-1(3,4)8(5,6)7/h1-3,5-6H,4,7H2;(H,5,6,7)/q+1;/p-1. The molecular weight excluding hydrogens is 566 g/mol. The summed E-state index contributed by atoms with van der Waals surface area (Å²) in [5.41, 5.74) is -12.3. The summed E-state index contributed by atoms with van der Waals surface area (Å²) in [6.07, 6.45) is -22.9. The molecule has 1 heterocycles. The lowest BCUT2D eigenvalue weighted by molar-refractivity contribution is -0.702. The Balaban J connectivity index is 0.00000124. The highest BCUT2D eigenvalue weighted by Gasteiger charge is 2.92. The third kappa shape index (κ3) is 6.58. The minimum Gasteiger partial charge on any atom is -0.741 e.